The van der Waals surface area contributed by atoms with Gasteiger partial charge in [0.2, 0.25) is 0 Å². The molecule has 1 heterocycles. The number of nitrogens with two attached hydrogens (primary N) is 1. The van der Waals surface area contributed by atoms with Crippen LogP contribution in [0.15, 0.2) is 30.3 Å². The molecule has 0 aliphatic heterocycles. The number of aryl methyl sites for hydroxylation is 2. The monoisotopic (exact) mass is 284 g/mol. The predicted octanol–water partition coefficient (Wildman–Crippen LogP) is 2.30. The maximum absolute atomic E-state index is 12.5. The maximum Gasteiger partial charge on any atom is 0.416 e. The number of halogens is 3. The number of nitrogens with zero attached hydrogens (tertiary/aromatic N) is 2. The average Bonchev–Trinajstić information content (AvgIpc) is 2.70. The third-order valence-corrected chi connectivity index (χ3v) is 3.17. The van der Waals surface area contributed by atoms with Crippen molar-refractivity contribution in [1.82, 2.24) is 15.2 Å². The lowest BCUT2D eigenvalue weighted by Crippen LogP contribution is -2.29. The second kappa shape index (κ2) is 5.26. The number of nitrogens with one attached hydrogen (secondary N) is 1. The van der Waals surface area contributed by atoms with Crippen molar-refractivity contribution in [3.63, 3.8) is 0 Å². The van der Waals surface area contributed by atoms with Crippen LogP contribution in [0, 0.1) is 6.92 Å². The van der Waals surface area contributed by atoms with Crippen molar-refractivity contribution in [1.29, 1.82) is 0 Å². The molecule has 0 aliphatic rings. The Morgan fingerprint density at radius 2 is 1.85 bits per heavy atom. The normalized spacial score (nSPS) is 13.5. The molecule has 20 heavy (non-hydrogen) atoms. The Bertz CT molecular complexity index is 567. The van der Waals surface area contributed by atoms with Gasteiger partial charge in [-0.2, -0.15) is 18.3 Å². The van der Waals surface area contributed by atoms with Crippen LogP contribution >= 0.6 is 0 Å². The third kappa shape index (κ3) is 2.83. The molecule has 0 saturated heterocycles. The first-order valence-corrected chi connectivity index (χ1v) is 5.96. The summed E-state index contributed by atoms with van der Waals surface area (Å²) in [4.78, 5) is 0. The van der Waals surface area contributed by atoms with Crippen LogP contribution in [0.25, 0.3) is 0 Å². The molecule has 108 valence electrons. The highest BCUT2D eigenvalue weighted by molar-refractivity contribution is 5.32. The lowest BCUT2D eigenvalue weighted by Gasteiger charge is -2.15. The number of rotatable bonds is 3. The van der Waals surface area contributed by atoms with Crippen LogP contribution < -0.4 is 11.3 Å². The van der Waals surface area contributed by atoms with Gasteiger partial charge >= 0.3 is 6.18 Å². The van der Waals surface area contributed by atoms with Crippen LogP contribution in [-0.2, 0) is 13.2 Å². The first kappa shape index (κ1) is 14.5. The summed E-state index contributed by atoms with van der Waals surface area (Å²) < 4.78 is 39.3. The van der Waals surface area contributed by atoms with Crippen LogP contribution in [0.4, 0.5) is 13.2 Å². The van der Waals surface area contributed by atoms with Gasteiger partial charge in [-0.3, -0.25) is 10.5 Å². The zero-order chi connectivity index (χ0) is 14.9. The van der Waals surface area contributed by atoms with E-state index in [0.29, 0.717) is 11.3 Å². The Hall–Kier alpha value is -1.86. The molecule has 0 aliphatic carbocycles. The molecule has 1 aromatic heterocycles. The van der Waals surface area contributed by atoms with Crippen molar-refractivity contribution in [3.8, 4) is 0 Å². The smallest absolute Gasteiger partial charge is 0.273 e. The van der Waals surface area contributed by atoms with Crippen molar-refractivity contribution >= 4 is 0 Å². The second-order valence-electron chi connectivity index (χ2n) is 4.55. The van der Waals surface area contributed by atoms with Crippen LogP contribution in [0.3, 0.4) is 0 Å². The van der Waals surface area contributed by atoms with Crippen molar-refractivity contribution in [3.05, 3.63) is 52.8 Å². The summed E-state index contributed by atoms with van der Waals surface area (Å²) in [5.74, 6) is 5.50. The topological polar surface area (TPSA) is 55.9 Å². The summed E-state index contributed by atoms with van der Waals surface area (Å²) in [5, 5.41) is 4.28. The summed E-state index contributed by atoms with van der Waals surface area (Å²) in [6.07, 6.45) is -4.34. The Kier molecular flexibility index (Phi) is 3.82. The number of hydrogen-bond acceptors (Lipinski definition) is 3. The van der Waals surface area contributed by atoms with E-state index in [1.807, 2.05) is 13.0 Å². The van der Waals surface area contributed by atoms with Crippen molar-refractivity contribution in [2.75, 3.05) is 0 Å². The molecule has 0 radical (unpaired) electrons. The van der Waals surface area contributed by atoms with E-state index in [4.69, 9.17) is 5.84 Å². The zero-order valence-corrected chi connectivity index (χ0v) is 11.1. The molecule has 4 nitrogen and oxygen atoms in total. The SMILES string of the molecule is Cc1cc(C(NN)c2ccc(C(F)(F)F)cc2)nn1C. The van der Waals surface area contributed by atoms with Gasteiger partial charge in [-0.15, -0.1) is 0 Å². The molecule has 7 heteroatoms. The number of hydrazine groups is 1. The van der Waals surface area contributed by atoms with Gasteiger partial charge in [0.05, 0.1) is 17.3 Å². The highest BCUT2D eigenvalue weighted by Crippen LogP contribution is 2.30. The first-order valence-electron chi connectivity index (χ1n) is 5.96. The van der Waals surface area contributed by atoms with Crippen molar-refractivity contribution < 1.29 is 13.2 Å². The van der Waals surface area contributed by atoms with E-state index in [9.17, 15) is 13.2 Å². The molecule has 1 atom stereocenters. The Morgan fingerprint density at radius 3 is 2.25 bits per heavy atom. The average molecular weight is 284 g/mol. The van der Waals surface area contributed by atoms with Crippen LogP contribution in [0.5, 0.6) is 0 Å². The van der Waals surface area contributed by atoms with Gasteiger partial charge in [0.15, 0.2) is 0 Å². The molecule has 2 rings (SSSR count). The molecule has 0 saturated carbocycles. The fourth-order valence-corrected chi connectivity index (χ4v) is 1.95. The Morgan fingerprint density at radius 1 is 1.25 bits per heavy atom. The fraction of sp³-hybridized carbons (Fsp3) is 0.308. The van der Waals surface area contributed by atoms with Gasteiger partial charge < -0.3 is 0 Å². The molecule has 0 bridgehead atoms. The second-order valence-corrected chi connectivity index (χ2v) is 4.55. The minimum Gasteiger partial charge on any atom is -0.273 e. The first-order chi connectivity index (χ1) is 9.32. The Balaban J connectivity index is 2.33. The number of benzene rings is 1. The summed E-state index contributed by atoms with van der Waals surface area (Å²) in [6, 6.07) is 6.26. The van der Waals surface area contributed by atoms with Crippen LogP contribution in [-0.4, -0.2) is 9.78 Å². The highest BCUT2D eigenvalue weighted by Gasteiger charge is 2.30. The largest absolute Gasteiger partial charge is 0.416 e. The van der Waals surface area contributed by atoms with E-state index < -0.39 is 17.8 Å². The van der Waals surface area contributed by atoms with Gasteiger partial charge in [-0.05, 0) is 30.7 Å². The molecule has 0 amide bonds. The van der Waals surface area contributed by atoms with Crippen LogP contribution in [0.2, 0.25) is 0 Å². The lowest BCUT2D eigenvalue weighted by molar-refractivity contribution is -0.137. The number of alkyl halides is 3. The molecular formula is C13H15F3N4. The lowest BCUT2D eigenvalue weighted by atomic mass is 10.0. The molecule has 3 N–H and O–H groups in total. The Labute approximate surface area is 114 Å². The highest BCUT2D eigenvalue weighted by atomic mass is 19.4. The molecule has 0 spiro atoms. The minimum atomic E-state index is -4.34. The summed E-state index contributed by atoms with van der Waals surface area (Å²) in [7, 11) is 1.79. The van der Waals surface area contributed by atoms with E-state index >= 15 is 0 Å². The molecule has 2 aromatic rings. The number of hydrogen-bond donors (Lipinski definition) is 2. The minimum absolute atomic E-state index is 0.447. The van der Waals surface area contributed by atoms with Gasteiger partial charge in [-0.25, -0.2) is 5.43 Å². The summed E-state index contributed by atoms with van der Waals surface area (Å²) in [5.41, 5.74) is 4.11. The van der Waals surface area contributed by atoms with Crippen molar-refractivity contribution in [2.24, 2.45) is 12.9 Å². The van der Waals surface area contributed by atoms with E-state index in [1.54, 1.807) is 11.7 Å². The zero-order valence-electron chi connectivity index (χ0n) is 11.1. The van der Waals surface area contributed by atoms with Gasteiger partial charge in [0.25, 0.3) is 0 Å². The quantitative estimate of drug-likeness (QED) is 0.671. The van der Waals surface area contributed by atoms with Gasteiger partial charge in [0, 0.05) is 12.7 Å². The van der Waals surface area contributed by atoms with Crippen LogP contribution in [0.1, 0.15) is 28.6 Å². The number of aromatic nitrogens is 2. The summed E-state index contributed by atoms with van der Waals surface area (Å²) in [6.45, 7) is 1.89. The van der Waals surface area contributed by atoms with E-state index in [-0.39, 0.29) is 0 Å². The molecular weight excluding hydrogens is 269 g/mol. The van der Waals surface area contributed by atoms with Gasteiger partial charge in [-0.1, -0.05) is 12.1 Å². The maximum atomic E-state index is 12.5. The third-order valence-electron chi connectivity index (χ3n) is 3.17. The predicted molar refractivity (Wildman–Crippen MR) is 68.6 cm³/mol. The molecule has 0 fully saturated rings. The molecule has 1 unspecified atom stereocenters. The summed E-state index contributed by atoms with van der Waals surface area (Å²) >= 11 is 0. The van der Waals surface area contributed by atoms with E-state index in [1.165, 1.54) is 12.1 Å². The molecule has 1 aromatic carbocycles. The van der Waals surface area contributed by atoms with Crippen molar-refractivity contribution in [2.45, 2.75) is 19.1 Å². The van der Waals surface area contributed by atoms with E-state index in [0.717, 1.165) is 17.8 Å². The van der Waals surface area contributed by atoms with Gasteiger partial charge in [0.1, 0.15) is 0 Å². The fourth-order valence-electron chi connectivity index (χ4n) is 1.95. The van der Waals surface area contributed by atoms with E-state index in [2.05, 4.69) is 10.5 Å². The standard InChI is InChI=1S/C13H15F3N4/c1-8-7-11(19-20(8)2)12(18-17)9-3-5-10(6-4-9)13(14,15)16/h3-7,12,18H,17H2,1-2H3.